The van der Waals surface area contributed by atoms with Crippen molar-refractivity contribution in [1.82, 2.24) is 14.5 Å². The van der Waals surface area contributed by atoms with Crippen LogP contribution in [0.4, 0.5) is 5.13 Å². The zero-order valence-electron chi connectivity index (χ0n) is 16.5. The number of amides is 1. The molecule has 1 aromatic carbocycles. The number of anilines is 1. The minimum atomic E-state index is -0.267. The summed E-state index contributed by atoms with van der Waals surface area (Å²) in [5, 5.41) is 6.79. The number of carbonyl (C=O) groups excluding carboxylic acids is 1. The first-order chi connectivity index (χ1) is 14.0. The first-order valence-corrected chi connectivity index (χ1v) is 10.6. The van der Waals surface area contributed by atoms with Crippen LogP contribution >= 0.6 is 11.3 Å². The standard InChI is InChI=1S/C21H24N4O3S/c1-14-9-24(10-15(2)28-14)11-17-13-29-21(22-17)23-19(26)12-25-8-7-16-5-3-4-6-18(16)20(25)27/h3-8,13-15H,9-12H2,1-2H3,(H,22,23,26)/t14-,15-/m1/s1. The molecule has 3 aromatic rings. The van der Waals surface area contributed by atoms with Crippen LogP contribution in [-0.2, 0) is 22.6 Å². The van der Waals surface area contributed by atoms with E-state index in [2.05, 4.69) is 29.0 Å². The molecule has 0 spiro atoms. The number of hydrogen-bond acceptors (Lipinski definition) is 6. The Labute approximate surface area is 172 Å². The van der Waals surface area contributed by atoms with Gasteiger partial charge < -0.3 is 14.6 Å². The summed E-state index contributed by atoms with van der Waals surface area (Å²) in [5.74, 6) is -0.267. The second-order valence-electron chi connectivity index (χ2n) is 7.48. The quantitative estimate of drug-likeness (QED) is 0.697. The molecule has 0 unspecified atom stereocenters. The van der Waals surface area contributed by atoms with Gasteiger partial charge in [0.15, 0.2) is 5.13 Å². The third-order valence-corrected chi connectivity index (χ3v) is 5.69. The van der Waals surface area contributed by atoms with E-state index in [4.69, 9.17) is 4.74 Å². The molecule has 8 heteroatoms. The summed E-state index contributed by atoms with van der Waals surface area (Å²) in [7, 11) is 0. The number of morpholine rings is 1. The van der Waals surface area contributed by atoms with Gasteiger partial charge >= 0.3 is 0 Å². The Morgan fingerprint density at radius 2 is 2.00 bits per heavy atom. The number of carbonyl (C=O) groups is 1. The van der Waals surface area contributed by atoms with Crippen LogP contribution in [0.1, 0.15) is 19.5 Å². The molecule has 7 nitrogen and oxygen atoms in total. The fraction of sp³-hybridized carbons (Fsp3) is 0.381. The summed E-state index contributed by atoms with van der Waals surface area (Å²) >= 11 is 1.40. The van der Waals surface area contributed by atoms with Crippen LogP contribution in [0.15, 0.2) is 46.7 Å². The first-order valence-electron chi connectivity index (χ1n) is 9.68. The van der Waals surface area contributed by atoms with E-state index in [0.717, 1.165) is 30.7 Å². The van der Waals surface area contributed by atoms with Crippen molar-refractivity contribution in [1.29, 1.82) is 0 Å². The normalized spacial score (nSPS) is 20.1. The Balaban J connectivity index is 1.38. The Bertz CT molecular complexity index is 1070. The average molecular weight is 413 g/mol. The highest BCUT2D eigenvalue weighted by molar-refractivity contribution is 7.13. The molecule has 1 aliphatic rings. The van der Waals surface area contributed by atoms with Gasteiger partial charge in [-0.25, -0.2) is 4.98 Å². The van der Waals surface area contributed by atoms with Gasteiger partial charge in [0.1, 0.15) is 6.54 Å². The Hall–Kier alpha value is -2.55. The highest BCUT2D eigenvalue weighted by Crippen LogP contribution is 2.19. The van der Waals surface area contributed by atoms with Crippen molar-refractivity contribution in [2.45, 2.75) is 39.1 Å². The van der Waals surface area contributed by atoms with Crippen LogP contribution in [0.5, 0.6) is 0 Å². The zero-order valence-corrected chi connectivity index (χ0v) is 17.3. The van der Waals surface area contributed by atoms with Gasteiger partial charge in [-0.3, -0.25) is 14.5 Å². The second-order valence-corrected chi connectivity index (χ2v) is 8.34. The van der Waals surface area contributed by atoms with Crippen molar-refractivity contribution in [3.05, 3.63) is 58.0 Å². The van der Waals surface area contributed by atoms with E-state index < -0.39 is 0 Å². The van der Waals surface area contributed by atoms with E-state index in [-0.39, 0.29) is 30.2 Å². The predicted octanol–water partition coefficient (Wildman–Crippen LogP) is 2.71. The topological polar surface area (TPSA) is 76.5 Å². The second kappa shape index (κ2) is 8.44. The van der Waals surface area contributed by atoms with Crippen LogP contribution in [0, 0.1) is 0 Å². The smallest absolute Gasteiger partial charge is 0.258 e. The lowest BCUT2D eigenvalue weighted by Crippen LogP contribution is -2.44. The summed E-state index contributed by atoms with van der Waals surface area (Å²) in [5.41, 5.74) is 0.753. The van der Waals surface area contributed by atoms with E-state index in [9.17, 15) is 9.59 Å². The molecular formula is C21H24N4O3S. The van der Waals surface area contributed by atoms with Crippen LogP contribution < -0.4 is 10.9 Å². The third kappa shape index (κ3) is 4.72. The molecule has 1 fully saturated rings. The van der Waals surface area contributed by atoms with Crippen LogP contribution in [0.25, 0.3) is 10.8 Å². The van der Waals surface area contributed by atoms with Gasteiger partial charge in [-0.15, -0.1) is 11.3 Å². The van der Waals surface area contributed by atoms with E-state index in [1.807, 2.05) is 29.6 Å². The average Bonchev–Trinajstić information content (AvgIpc) is 3.10. The fourth-order valence-electron chi connectivity index (χ4n) is 3.75. The number of pyridine rings is 1. The van der Waals surface area contributed by atoms with Crippen molar-refractivity contribution in [3.8, 4) is 0 Å². The summed E-state index contributed by atoms with van der Waals surface area (Å²) in [6.07, 6.45) is 2.06. The van der Waals surface area contributed by atoms with Gasteiger partial charge in [0, 0.05) is 36.6 Å². The third-order valence-electron chi connectivity index (χ3n) is 4.88. The first kappa shape index (κ1) is 19.8. The molecule has 0 saturated carbocycles. The number of aromatic nitrogens is 2. The van der Waals surface area contributed by atoms with Gasteiger partial charge in [-0.05, 0) is 31.4 Å². The maximum atomic E-state index is 12.5. The molecule has 2 aromatic heterocycles. The number of benzene rings is 1. The van der Waals surface area contributed by atoms with Crippen molar-refractivity contribution >= 4 is 33.1 Å². The summed E-state index contributed by atoms with van der Waals surface area (Å²) < 4.78 is 7.18. The molecule has 2 atom stereocenters. The maximum absolute atomic E-state index is 12.5. The summed E-state index contributed by atoms with van der Waals surface area (Å²) in [6.45, 7) is 6.57. The SMILES string of the molecule is C[C@@H]1CN(Cc2csc(NC(=O)Cn3ccc4ccccc4c3=O)n2)C[C@@H](C)O1. The highest BCUT2D eigenvalue weighted by atomic mass is 32.1. The maximum Gasteiger partial charge on any atom is 0.258 e. The zero-order chi connectivity index (χ0) is 20.4. The van der Waals surface area contributed by atoms with Gasteiger partial charge in [-0.1, -0.05) is 18.2 Å². The molecule has 1 N–H and O–H groups in total. The Morgan fingerprint density at radius 3 is 2.79 bits per heavy atom. The molecule has 1 saturated heterocycles. The number of rotatable bonds is 5. The number of fused-ring (bicyclic) bond motifs is 1. The molecule has 3 heterocycles. The van der Waals surface area contributed by atoms with E-state index in [1.165, 1.54) is 15.9 Å². The minimum absolute atomic E-state index is 0.0446. The van der Waals surface area contributed by atoms with E-state index >= 15 is 0 Å². The van der Waals surface area contributed by atoms with Gasteiger partial charge in [0.25, 0.3) is 5.56 Å². The summed E-state index contributed by atoms with van der Waals surface area (Å²) in [6, 6.07) is 9.20. The molecule has 4 rings (SSSR count). The predicted molar refractivity (Wildman–Crippen MR) is 114 cm³/mol. The molecule has 0 radical (unpaired) electrons. The molecule has 29 heavy (non-hydrogen) atoms. The minimum Gasteiger partial charge on any atom is -0.373 e. The molecule has 0 aliphatic carbocycles. The van der Waals surface area contributed by atoms with Crippen molar-refractivity contribution in [3.63, 3.8) is 0 Å². The van der Waals surface area contributed by atoms with Crippen LogP contribution in [0.2, 0.25) is 0 Å². The lowest BCUT2D eigenvalue weighted by molar-refractivity contribution is -0.116. The number of hydrogen-bond donors (Lipinski definition) is 1. The Kier molecular flexibility index (Phi) is 5.75. The number of nitrogens with zero attached hydrogens (tertiary/aromatic N) is 3. The van der Waals surface area contributed by atoms with Gasteiger partial charge in [-0.2, -0.15) is 0 Å². The largest absolute Gasteiger partial charge is 0.373 e. The molecule has 1 aliphatic heterocycles. The molecule has 152 valence electrons. The van der Waals surface area contributed by atoms with Gasteiger partial charge in [0.2, 0.25) is 5.91 Å². The van der Waals surface area contributed by atoms with Crippen LogP contribution in [0.3, 0.4) is 0 Å². The molecule has 0 bridgehead atoms. The van der Waals surface area contributed by atoms with E-state index in [1.54, 1.807) is 12.3 Å². The van der Waals surface area contributed by atoms with Crippen molar-refractivity contribution in [2.75, 3.05) is 18.4 Å². The monoisotopic (exact) mass is 412 g/mol. The lowest BCUT2D eigenvalue weighted by Gasteiger charge is -2.34. The van der Waals surface area contributed by atoms with Crippen LogP contribution in [-0.4, -0.2) is 45.7 Å². The number of ether oxygens (including phenoxy) is 1. The fourth-order valence-corrected chi connectivity index (χ4v) is 4.47. The summed E-state index contributed by atoms with van der Waals surface area (Å²) in [4.78, 5) is 31.8. The number of nitrogens with one attached hydrogen (secondary N) is 1. The van der Waals surface area contributed by atoms with Crippen molar-refractivity contribution in [2.24, 2.45) is 0 Å². The number of thiazole rings is 1. The van der Waals surface area contributed by atoms with E-state index in [0.29, 0.717) is 10.5 Å². The molecular weight excluding hydrogens is 388 g/mol. The molecule has 1 amide bonds. The highest BCUT2D eigenvalue weighted by Gasteiger charge is 2.22. The Morgan fingerprint density at radius 1 is 1.24 bits per heavy atom. The van der Waals surface area contributed by atoms with Gasteiger partial charge in [0.05, 0.1) is 17.9 Å². The van der Waals surface area contributed by atoms with Crippen molar-refractivity contribution < 1.29 is 9.53 Å². The lowest BCUT2D eigenvalue weighted by atomic mass is 10.2.